The Morgan fingerprint density at radius 1 is 0.773 bits per heavy atom. The maximum Gasteiger partial charge on any atom is 0.415 e. The summed E-state index contributed by atoms with van der Waals surface area (Å²) in [5, 5.41) is 14.6. The van der Waals surface area contributed by atoms with Gasteiger partial charge >= 0.3 is 10.9 Å². The second kappa shape index (κ2) is 14.4. The zero-order valence-corrected chi connectivity index (χ0v) is 25.1. The highest BCUT2D eigenvalue weighted by molar-refractivity contribution is 7.91. The minimum Gasteiger partial charge on any atom is -0.493 e. The van der Waals surface area contributed by atoms with Crippen LogP contribution in [-0.2, 0) is 14.6 Å². The van der Waals surface area contributed by atoms with E-state index in [9.17, 15) is 18.4 Å². The third kappa shape index (κ3) is 6.95. The highest BCUT2D eigenvalue weighted by Gasteiger charge is 2.35. The van der Waals surface area contributed by atoms with Crippen LogP contribution in [0, 0.1) is 5.21 Å². The standard InChI is InChI=1S/C29H30N2O12S/c1-36-22-11-10-19(26(32)20-17-24(37-2)27(39-4)25(18-20)38-3)16-23(22)41-14-12-40-13-15-42-28-29(31(33)43-30-28)44(34,35)21-8-6-5-7-9-21/h5-11,16-18H,12-15H2,1-4H3. The summed E-state index contributed by atoms with van der Waals surface area (Å²) in [4.78, 5) is 13.0. The Labute approximate surface area is 253 Å². The van der Waals surface area contributed by atoms with Gasteiger partial charge in [0.1, 0.15) is 13.2 Å². The first-order valence-corrected chi connectivity index (χ1v) is 14.5. The van der Waals surface area contributed by atoms with Crippen LogP contribution in [0.5, 0.6) is 34.6 Å². The molecule has 0 unspecified atom stereocenters. The zero-order valence-electron chi connectivity index (χ0n) is 24.3. The second-order valence-electron chi connectivity index (χ2n) is 8.77. The lowest BCUT2D eigenvalue weighted by atomic mass is 10.0. The van der Waals surface area contributed by atoms with E-state index in [0.717, 1.165) is 0 Å². The van der Waals surface area contributed by atoms with Crippen molar-refractivity contribution >= 4 is 15.6 Å². The summed E-state index contributed by atoms with van der Waals surface area (Å²) in [6.07, 6.45) is 0. The fraction of sp³-hybridized carbons (Fsp3) is 0.276. The fourth-order valence-electron chi connectivity index (χ4n) is 4.06. The summed E-state index contributed by atoms with van der Waals surface area (Å²) in [6, 6.07) is 15.2. The third-order valence-electron chi connectivity index (χ3n) is 6.16. The smallest absolute Gasteiger partial charge is 0.415 e. The summed E-state index contributed by atoms with van der Waals surface area (Å²) >= 11 is 0. The van der Waals surface area contributed by atoms with Crippen molar-refractivity contribution in [1.82, 2.24) is 5.16 Å². The first-order valence-electron chi connectivity index (χ1n) is 13.0. The number of carbonyl (C=O) groups is 1. The van der Waals surface area contributed by atoms with Crippen molar-refractivity contribution in [1.29, 1.82) is 0 Å². The number of carbonyl (C=O) groups excluding carboxylic acids is 1. The number of ketones is 1. The molecule has 0 radical (unpaired) electrons. The summed E-state index contributed by atoms with van der Waals surface area (Å²) < 4.78 is 68.1. The fourth-order valence-corrected chi connectivity index (χ4v) is 5.35. The molecule has 0 saturated heterocycles. The molecule has 1 aromatic heterocycles. The Morgan fingerprint density at radius 3 is 2.00 bits per heavy atom. The van der Waals surface area contributed by atoms with Crippen LogP contribution in [0.4, 0.5) is 0 Å². The first-order chi connectivity index (χ1) is 21.2. The molecular formula is C29H30N2O12S. The number of rotatable bonds is 16. The molecule has 0 saturated carbocycles. The third-order valence-corrected chi connectivity index (χ3v) is 7.88. The highest BCUT2D eigenvalue weighted by Crippen LogP contribution is 2.39. The predicted octanol–water partition coefficient (Wildman–Crippen LogP) is 2.88. The van der Waals surface area contributed by atoms with E-state index in [4.69, 9.17) is 33.2 Å². The van der Waals surface area contributed by atoms with Crippen molar-refractivity contribution in [2.24, 2.45) is 0 Å². The van der Waals surface area contributed by atoms with Gasteiger partial charge in [0.25, 0.3) is 9.84 Å². The zero-order chi connectivity index (χ0) is 31.7. The SMILES string of the molecule is COc1ccc(C(=O)c2cc(OC)c(OC)c(OC)c2)cc1OCCOCCOc1no[n+]([O-])c1S(=O)(=O)c1ccccc1. The van der Waals surface area contributed by atoms with Crippen LogP contribution in [0.1, 0.15) is 15.9 Å². The Hall–Kier alpha value is -5.02. The van der Waals surface area contributed by atoms with Crippen LogP contribution in [0.2, 0.25) is 0 Å². The van der Waals surface area contributed by atoms with Crippen molar-refractivity contribution in [2.75, 3.05) is 54.9 Å². The van der Waals surface area contributed by atoms with E-state index in [1.807, 2.05) is 0 Å². The summed E-state index contributed by atoms with van der Waals surface area (Å²) in [6.45, 7) is 0.0616. The number of sulfone groups is 1. The van der Waals surface area contributed by atoms with Gasteiger partial charge in [-0.3, -0.25) is 9.42 Å². The van der Waals surface area contributed by atoms with E-state index in [1.54, 1.807) is 36.4 Å². The molecule has 0 aliphatic rings. The molecule has 0 atom stereocenters. The van der Waals surface area contributed by atoms with Crippen molar-refractivity contribution in [3.05, 3.63) is 77.0 Å². The maximum atomic E-state index is 13.3. The molecule has 0 fully saturated rings. The number of methoxy groups -OCH3 is 4. The van der Waals surface area contributed by atoms with E-state index < -0.39 is 20.7 Å². The van der Waals surface area contributed by atoms with Gasteiger partial charge in [0.15, 0.2) is 28.8 Å². The van der Waals surface area contributed by atoms with E-state index in [-0.39, 0.29) is 42.0 Å². The highest BCUT2D eigenvalue weighted by atomic mass is 32.2. The van der Waals surface area contributed by atoms with E-state index in [2.05, 4.69) is 9.79 Å². The average molecular weight is 631 g/mol. The number of nitrogens with zero attached hydrogens (tertiary/aromatic N) is 2. The van der Waals surface area contributed by atoms with Gasteiger partial charge in [-0.1, -0.05) is 18.2 Å². The van der Waals surface area contributed by atoms with Gasteiger partial charge in [-0.15, -0.1) is 0 Å². The molecule has 0 aliphatic carbocycles. The van der Waals surface area contributed by atoms with Crippen LogP contribution in [-0.4, -0.2) is 74.2 Å². The van der Waals surface area contributed by atoms with Crippen molar-refractivity contribution in [2.45, 2.75) is 9.92 Å². The number of ether oxygens (including phenoxy) is 7. The monoisotopic (exact) mass is 630 g/mol. The molecule has 1 heterocycles. The van der Waals surface area contributed by atoms with E-state index in [1.165, 1.54) is 52.7 Å². The van der Waals surface area contributed by atoms with Crippen LogP contribution < -0.4 is 33.3 Å². The number of benzene rings is 3. The number of aromatic nitrogens is 2. The molecule has 0 aliphatic heterocycles. The molecular weight excluding hydrogens is 600 g/mol. The Kier molecular flexibility index (Phi) is 10.5. The molecule has 0 N–H and O–H groups in total. The summed E-state index contributed by atoms with van der Waals surface area (Å²) in [5.74, 6) is 0.955. The molecule has 0 spiro atoms. The molecule has 0 bridgehead atoms. The number of hydrogen-bond donors (Lipinski definition) is 0. The van der Waals surface area contributed by atoms with Crippen LogP contribution in [0.25, 0.3) is 0 Å². The van der Waals surface area contributed by atoms with Crippen LogP contribution >= 0.6 is 0 Å². The second-order valence-corrected chi connectivity index (χ2v) is 10.6. The average Bonchev–Trinajstić information content (AvgIpc) is 3.43. The topological polar surface area (TPSA) is 169 Å². The maximum absolute atomic E-state index is 13.3. The van der Waals surface area contributed by atoms with Crippen LogP contribution in [0.3, 0.4) is 0 Å². The molecule has 4 rings (SSSR count). The molecule has 44 heavy (non-hydrogen) atoms. The predicted molar refractivity (Wildman–Crippen MR) is 152 cm³/mol. The molecule has 14 nitrogen and oxygen atoms in total. The van der Waals surface area contributed by atoms with Gasteiger partial charge in [-0.2, -0.15) is 0 Å². The first kappa shape index (κ1) is 31.9. The molecule has 234 valence electrons. The van der Waals surface area contributed by atoms with Crippen molar-refractivity contribution < 1.29 is 55.9 Å². The summed E-state index contributed by atoms with van der Waals surface area (Å²) in [5.41, 5.74) is 0.641. The van der Waals surface area contributed by atoms with Crippen LogP contribution in [0.15, 0.2) is 75.2 Å². The molecule has 15 heteroatoms. The lowest BCUT2D eigenvalue weighted by molar-refractivity contribution is -0.832. The van der Waals surface area contributed by atoms with Gasteiger partial charge in [-0.05, 0) is 47.4 Å². The van der Waals surface area contributed by atoms with Crippen molar-refractivity contribution in [3.63, 3.8) is 0 Å². The Morgan fingerprint density at radius 2 is 1.39 bits per heavy atom. The number of hydrogen-bond acceptors (Lipinski definition) is 13. The van der Waals surface area contributed by atoms with Gasteiger partial charge in [0, 0.05) is 11.1 Å². The van der Waals surface area contributed by atoms with Gasteiger partial charge in [-0.25, -0.2) is 8.42 Å². The lowest BCUT2D eigenvalue weighted by Gasteiger charge is -2.15. The van der Waals surface area contributed by atoms with Gasteiger partial charge in [0.05, 0.1) is 51.7 Å². The van der Waals surface area contributed by atoms with E-state index >= 15 is 0 Å². The lowest BCUT2D eigenvalue weighted by Crippen LogP contribution is -2.31. The minimum atomic E-state index is -4.23. The van der Waals surface area contributed by atoms with Gasteiger partial charge < -0.3 is 38.4 Å². The van der Waals surface area contributed by atoms with Gasteiger partial charge in [0.2, 0.25) is 5.75 Å². The normalized spacial score (nSPS) is 11.1. The summed E-state index contributed by atoms with van der Waals surface area (Å²) in [7, 11) is 1.64. The van der Waals surface area contributed by atoms with Crippen molar-refractivity contribution in [3.8, 4) is 34.6 Å². The van der Waals surface area contributed by atoms with E-state index in [0.29, 0.717) is 39.9 Å². The molecule has 3 aromatic carbocycles. The molecule has 4 aromatic rings. The quantitative estimate of drug-likeness (QED) is 0.101. The largest absolute Gasteiger partial charge is 0.493 e. The Bertz CT molecular complexity index is 1660. The minimum absolute atomic E-state index is 0.0106. The molecule has 0 amide bonds. The Balaban J connectivity index is 1.33.